The number of nitro groups is 1. The van der Waals surface area contributed by atoms with E-state index >= 15 is 0 Å². The first-order chi connectivity index (χ1) is 9.77. The first-order valence-electron chi connectivity index (χ1n) is 5.52. The third-order valence-electron chi connectivity index (χ3n) is 2.49. The van der Waals surface area contributed by atoms with E-state index in [-0.39, 0.29) is 10.6 Å². The number of hydrogen-bond acceptors (Lipinski definition) is 5. The van der Waals surface area contributed by atoms with Crippen LogP contribution in [0.5, 0.6) is 0 Å². The molecule has 0 amide bonds. The van der Waals surface area contributed by atoms with Crippen molar-refractivity contribution in [3.63, 3.8) is 0 Å². The van der Waals surface area contributed by atoms with Gasteiger partial charge in [0.15, 0.2) is 0 Å². The van der Waals surface area contributed by atoms with Gasteiger partial charge in [0.2, 0.25) is 10.0 Å². The van der Waals surface area contributed by atoms with E-state index in [9.17, 15) is 18.5 Å². The average Bonchev–Trinajstić information content (AvgIpc) is 2.40. The zero-order valence-corrected chi connectivity index (χ0v) is 12.8. The molecule has 0 spiro atoms. The number of halogens is 1. The van der Waals surface area contributed by atoms with Gasteiger partial charge in [-0.15, -0.1) is 0 Å². The molecule has 21 heavy (non-hydrogen) atoms. The van der Waals surface area contributed by atoms with E-state index in [0.717, 1.165) is 22.7 Å². The SMILES string of the molecule is NS(=O)(=O)c1cc([N+](=O)[O-])ccc1Sc1ccc(Cl)cc1. The Bertz CT molecular complexity index is 791. The molecule has 0 aliphatic heterocycles. The molecule has 110 valence electrons. The Labute approximate surface area is 130 Å². The van der Waals surface area contributed by atoms with Gasteiger partial charge in [-0.1, -0.05) is 23.4 Å². The van der Waals surface area contributed by atoms with Gasteiger partial charge in [0, 0.05) is 26.9 Å². The molecule has 2 aromatic carbocycles. The van der Waals surface area contributed by atoms with Gasteiger partial charge < -0.3 is 0 Å². The van der Waals surface area contributed by atoms with Crippen LogP contribution in [0.1, 0.15) is 0 Å². The lowest BCUT2D eigenvalue weighted by molar-refractivity contribution is -0.385. The van der Waals surface area contributed by atoms with Crippen LogP contribution < -0.4 is 5.14 Å². The molecule has 0 unspecified atom stereocenters. The molecule has 0 saturated carbocycles. The van der Waals surface area contributed by atoms with Crippen molar-refractivity contribution in [2.45, 2.75) is 14.7 Å². The predicted molar refractivity (Wildman–Crippen MR) is 80.0 cm³/mol. The maximum absolute atomic E-state index is 11.6. The zero-order valence-electron chi connectivity index (χ0n) is 10.4. The van der Waals surface area contributed by atoms with Crippen molar-refractivity contribution in [2.75, 3.05) is 0 Å². The number of benzene rings is 2. The first-order valence-corrected chi connectivity index (χ1v) is 8.26. The fraction of sp³-hybridized carbons (Fsp3) is 0. The summed E-state index contributed by atoms with van der Waals surface area (Å²) >= 11 is 6.90. The minimum Gasteiger partial charge on any atom is -0.258 e. The fourth-order valence-electron chi connectivity index (χ4n) is 1.55. The first kappa shape index (κ1) is 15.8. The summed E-state index contributed by atoms with van der Waals surface area (Å²) in [6.07, 6.45) is 0. The molecule has 0 radical (unpaired) electrons. The summed E-state index contributed by atoms with van der Waals surface area (Å²) < 4.78 is 23.2. The molecule has 0 bridgehead atoms. The van der Waals surface area contributed by atoms with Crippen LogP contribution in [0, 0.1) is 10.1 Å². The van der Waals surface area contributed by atoms with Crippen molar-refractivity contribution < 1.29 is 13.3 Å². The number of hydrogen-bond donors (Lipinski definition) is 1. The summed E-state index contributed by atoms with van der Waals surface area (Å²) in [5.41, 5.74) is -0.334. The molecule has 2 aromatic rings. The van der Waals surface area contributed by atoms with Gasteiger partial charge in [-0.05, 0) is 30.3 Å². The molecule has 0 aromatic heterocycles. The Morgan fingerprint density at radius 2 is 1.76 bits per heavy atom. The molecule has 0 saturated heterocycles. The fourth-order valence-corrected chi connectivity index (χ4v) is 3.60. The van der Waals surface area contributed by atoms with Crippen molar-refractivity contribution in [3.8, 4) is 0 Å². The number of sulfonamides is 1. The summed E-state index contributed by atoms with van der Waals surface area (Å²) in [4.78, 5) is 10.8. The van der Waals surface area contributed by atoms with Gasteiger partial charge in [0.25, 0.3) is 5.69 Å². The Balaban J connectivity index is 2.48. The van der Waals surface area contributed by atoms with Crippen LogP contribution in [-0.2, 0) is 10.0 Å². The van der Waals surface area contributed by atoms with E-state index in [2.05, 4.69) is 0 Å². The lowest BCUT2D eigenvalue weighted by atomic mass is 10.3. The molecule has 2 rings (SSSR count). The van der Waals surface area contributed by atoms with Gasteiger partial charge in [-0.2, -0.15) is 0 Å². The Hall–Kier alpha value is -1.61. The molecule has 0 heterocycles. The van der Waals surface area contributed by atoms with Crippen LogP contribution in [0.4, 0.5) is 5.69 Å². The highest BCUT2D eigenvalue weighted by molar-refractivity contribution is 8.00. The highest BCUT2D eigenvalue weighted by atomic mass is 35.5. The number of nitro benzene ring substituents is 1. The van der Waals surface area contributed by atoms with Gasteiger partial charge >= 0.3 is 0 Å². The number of non-ortho nitro benzene ring substituents is 1. The molecule has 0 aliphatic rings. The minimum absolute atomic E-state index is 0.281. The third kappa shape index (κ3) is 3.94. The quantitative estimate of drug-likeness (QED) is 0.678. The summed E-state index contributed by atoms with van der Waals surface area (Å²) in [5.74, 6) is 0. The lowest BCUT2D eigenvalue weighted by Gasteiger charge is -2.07. The standard InChI is InChI=1S/C12H9ClN2O4S2/c13-8-1-4-10(5-2-8)20-11-6-3-9(15(16)17)7-12(11)21(14,18)19/h1-7H,(H2,14,18,19). The van der Waals surface area contributed by atoms with Gasteiger partial charge in [0.1, 0.15) is 4.90 Å². The summed E-state index contributed by atoms with van der Waals surface area (Å²) in [6.45, 7) is 0. The van der Waals surface area contributed by atoms with Gasteiger partial charge in [0.05, 0.1) is 4.92 Å². The highest BCUT2D eigenvalue weighted by Crippen LogP contribution is 2.34. The van der Waals surface area contributed by atoms with E-state index < -0.39 is 14.9 Å². The van der Waals surface area contributed by atoms with Crippen molar-refractivity contribution in [1.82, 2.24) is 0 Å². The van der Waals surface area contributed by atoms with Crippen LogP contribution >= 0.6 is 23.4 Å². The molecular formula is C12H9ClN2O4S2. The third-order valence-corrected chi connectivity index (χ3v) is 4.90. The van der Waals surface area contributed by atoms with Crippen LogP contribution in [0.3, 0.4) is 0 Å². The molecule has 0 aliphatic carbocycles. The van der Waals surface area contributed by atoms with E-state index in [4.69, 9.17) is 16.7 Å². The van der Waals surface area contributed by atoms with Gasteiger partial charge in [-0.3, -0.25) is 10.1 Å². The smallest absolute Gasteiger partial charge is 0.258 e. The molecule has 0 atom stereocenters. The van der Waals surface area contributed by atoms with Crippen molar-refractivity contribution in [2.24, 2.45) is 5.14 Å². The normalized spacial score (nSPS) is 11.3. The van der Waals surface area contributed by atoms with E-state index in [0.29, 0.717) is 9.92 Å². The molecule has 0 fully saturated rings. The summed E-state index contributed by atoms with van der Waals surface area (Å²) in [6, 6.07) is 10.3. The Kier molecular flexibility index (Phi) is 4.52. The Morgan fingerprint density at radius 1 is 1.14 bits per heavy atom. The number of nitrogens with two attached hydrogens (primary N) is 1. The van der Waals surface area contributed by atoms with Crippen LogP contribution in [-0.4, -0.2) is 13.3 Å². The van der Waals surface area contributed by atoms with E-state index in [1.807, 2.05) is 0 Å². The number of primary sulfonamides is 1. The summed E-state index contributed by atoms with van der Waals surface area (Å²) in [7, 11) is -4.07. The number of rotatable bonds is 4. The zero-order chi connectivity index (χ0) is 15.6. The molecular weight excluding hydrogens is 336 g/mol. The molecule has 6 nitrogen and oxygen atoms in total. The Morgan fingerprint density at radius 3 is 2.29 bits per heavy atom. The topological polar surface area (TPSA) is 103 Å². The molecule has 2 N–H and O–H groups in total. The van der Waals surface area contributed by atoms with Crippen molar-refractivity contribution >= 4 is 39.1 Å². The van der Waals surface area contributed by atoms with Gasteiger partial charge in [-0.25, -0.2) is 13.6 Å². The molecule has 9 heteroatoms. The van der Waals surface area contributed by atoms with Crippen LogP contribution in [0.25, 0.3) is 0 Å². The van der Waals surface area contributed by atoms with Crippen LogP contribution in [0.15, 0.2) is 57.2 Å². The van der Waals surface area contributed by atoms with Crippen molar-refractivity contribution in [1.29, 1.82) is 0 Å². The van der Waals surface area contributed by atoms with Crippen molar-refractivity contribution in [3.05, 3.63) is 57.6 Å². The van der Waals surface area contributed by atoms with Crippen LogP contribution in [0.2, 0.25) is 5.02 Å². The van der Waals surface area contributed by atoms with E-state index in [1.54, 1.807) is 24.3 Å². The second kappa shape index (κ2) is 6.02. The highest BCUT2D eigenvalue weighted by Gasteiger charge is 2.19. The maximum Gasteiger partial charge on any atom is 0.270 e. The second-order valence-electron chi connectivity index (χ2n) is 3.99. The predicted octanol–water partition coefficient (Wildman–Crippen LogP) is 3.05. The largest absolute Gasteiger partial charge is 0.270 e. The maximum atomic E-state index is 11.6. The minimum atomic E-state index is -4.07. The number of nitrogens with zero attached hydrogens (tertiary/aromatic N) is 1. The lowest BCUT2D eigenvalue weighted by Crippen LogP contribution is -2.13. The second-order valence-corrected chi connectivity index (χ2v) is 7.07. The monoisotopic (exact) mass is 344 g/mol. The van der Waals surface area contributed by atoms with E-state index in [1.165, 1.54) is 12.1 Å². The average molecular weight is 345 g/mol. The summed E-state index contributed by atoms with van der Waals surface area (Å²) in [5, 5.41) is 16.4.